The van der Waals surface area contributed by atoms with Gasteiger partial charge in [0.05, 0.1) is 0 Å². The number of nitrogens with zero attached hydrogens (tertiary/aromatic N) is 2. The first kappa shape index (κ1) is 13.3. The number of hydrogen-bond donors (Lipinski definition) is 1. The van der Waals surface area contributed by atoms with Gasteiger partial charge < -0.3 is 5.32 Å². The van der Waals surface area contributed by atoms with E-state index in [1.54, 1.807) is 0 Å². The van der Waals surface area contributed by atoms with Crippen molar-refractivity contribution in [3.8, 4) is 0 Å². The number of likely N-dealkylation sites (tertiary alicyclic amines) is 1. The van der Waals surface area contributed by atoms with Crippen molar-refractivity contribution in [1.29, 1.82) is 0 Å². The Labute approximate surface area is 111 Å². The van der Waals surface area contributed by atoms with Crippen LogP contribution in [0.15, 0.2) is 18.3 Å². The molecule has 0 unspecified atom stereocenters. The number of hydrogen-bond acceptors (Lipinski definition) is 3. The van der Waals surface area contributed by atoms with Crippen LogP contribution in [0.2, 0.25) is 0 Å². The molecular weight excluding hydrogens is 222 g/mol. The molecule has 0 aliphatic carbocycles. The van der Waals surface area contributed by atoms with Crippen molar-refractivity contribution >= 4 is 5.82 Å². The summed E-state index contributed by atoms with van der Waals surface area (Å²) in [6.07, 6.45) is 5.67. The Morgan fingerprint density at radius 1 is 1.44 bits per heavy atom. The lowest BCUT2D eigenvalue weighted by Crippen LogP contribution is -2.37. The minimum atomic E-state index is 0.348. The monoisotopic (exact) mass is 247 g/mol. The Balaban J connectivity index is 2.00. The highest BCUT2D eigenvalue weighted by molar-refractivity contribution is 5.37. The molecule has 0 radical (unpaired) electrons. The third-order valence-corrected chi connectivity index (χ3v) is 3.83. The molecule has 0 bridgehead atoms. The summed E-state index contributed by atoms with van der Waals surface area (Å²) in [5.74, 6) is 1.01. The molecule has 0 saturated carbocycles. The summed E-state index contributed by atoms with van der Waals surface area (Å²) >= 11 is 0. The van der Waals surface area contributed by atoms with E-state index in [-0.39, 0.29) is 0 Å². The number of nitrogens with one attached hydrogen (secondary N) is 1. The zero-order valence-electron chi connectivity index (χ0n) is 11.9. The summed E-state index contributed by atoms with van der Waals surface area (Å²) in [6.45, 7) is 10.1. The van der Waals surface area contributed by atoms with E-state index in [2.05, 4.69) is 48.1 Å². The van der Waals surface area contributed by atoms with Crippen molar-refractivity contribution < 1.29 is 0 Å². The van der Waals surface area contributed by atoms with Crippen LogP contribution in [-0.2, 0) is 6.54 Å². The summed E-state index contributed by atoms with van der Waals surface area (Å²) in [4.78, 5) is 6.93. The zero-order chi connectivity index (χ0) is 13.0. The molecule has 1 aromatic rings. The van der Waals surface area contributed by atoms with E-state index in [0.717, 1.165) is 25.3 Å². The second kappa shape index (κ2) is 5.70. The lowest BCUT2D eigenvalue weighted by Gasteiger charge is -2.31. The van der Waals surface area contributed by atoms with Crippen molar-refractivity contribution in [1.82, 2.24) is 9.88 Å². The van der Waals surface area contributed by atoms with Gasteiger partial charge in [0.25, 0.3) is 0 Å². The number of aromatic nitrogens is 1. The Kier molecular flexibility index (Phi) is 4.23. The maximum atomic E-state index is 4.36. The van der Waals surface area contributed by atoms with Gasteiger partial charge in [-0.15, -0.1) is 0 Å². The van der Waals surface area contributed by atoms with Crippen molar-refractivity contribution in [2.75, 3.05) is 18.4 Å². The summed E-state index contributed by atoms with van der Waals surface area (Å²) in [7, 11) is 0. The molecule has 100 valence electrons. The Hall–Kier alpha value is -1.09. The Morgan fingerprint density at radius 2 is 2.28 bits per heavy atom. The smallest absolute Gasteiger partial charge is 0.126 e. The van der Waals surface area contributed by atoms with Crippen LogP contribution in [0.3, 0.4) is 0 Å². The molecule has 2 heterocycles. The molecule has 0 aromatic carbocycles. The first-order valence-corrected chi connectivity index (χ1v) is 7.05. The van der Waals surface area contributed by atoms with Crippen LogP contribution in [0.1, 0.15) is 45.6 Å². The molecule has 1 saturated heterocycles. The van der Waals surface area contributed by atoms with Crippen LogP contribution in [0, 0.1) is 0 Å². The van der Waals surface area contributed by atoms with Crippen molar-refractivity contribution in [2.24, 2.45) is 0 Å². The number of rotatable bonds is 5. The zero-order valence-corrected chi connectivity index (χ0v) is 11.9. The molecule has 1 N–H and O–H groups in total. The van der Waals surface area contributed by atoms with Gasteiger partial charge in [0.15, 0.2) is 0 Å². The van der Waals surface area contributed by atoms with E-state index in [4.69, 9.17) is 0 Å². The molecule has 0 amide bonds. The fraction of sp³-hybridized carbons (Fsp3) is 0.667. The van der Waals surface area contributed by atoms with E-state index in [1.807, 2.05) is 6.20 Å². The average molecular weight is 247 g/mol. The maximum absolute atomic E-state index is 4.36. The minimum Gasteiger partial charge on any atom is -0.370 e. The first-order chi connectivity index (χ1) is 8.62. The minimum absolute atomic E-state index is 0.348. The van der Waals surface area contributed by atoms with Crippen LogP contribution in [-0.4, -0.2) is 28.5 Å². The first-order valence-electron chi connectivity index (χ1n) is 7.05. The third-order valence-electron chi connectivity index (χ3n) is 3.83. The van der Waals surface area contributed by atoms with Gasteiger partial charge in [-0.2, -0.15) is 0 Å². The molecule has 1 aromatic heterocycles. The van der Waals surface area contributed by atoms with Crippen LogP contribution < -0.4 is 5.32 Å². The summed E-state index contributed by atoms with van der Waals surface area (Å²) < 4.78 is 0. The van der Waals surface area contributed by atoms with Gasteiger partial charge in [0, 0.05) is 24.8 Å². The fourth-order valence-corrected chi connectivity index (χ4v) is 2.60. The van der Waals surface area contributed by atoms with E-state index >= 15 is 0 Å². The van der Waals surface area contributed by atoms with Crippen LogP contribution >= 0.6 is 0 Å². The molecule has 1 aliphatic heterocycles. The van der Waals surface area contributed by atoms with Gasteiger partial charge in [-0.05, 0) is 57.4 Å². The van der Waals surface area contributed by atoms with Crippen LogP contribution in [0.4, 0.5) is 5.82 Å². The molecule has 0 atom stereocenters. The molecule has 18 heavy (non-hydrogen) atoms. The molecule has 3 heteroatoms. The summed E-state index contributed by atoms with van der Waals surface area (Å²) in [5, 5.41) is 3.35. The topological polar surface area (TPSA) is 28.2 Å². The number of pyridine rings is 1. The molecule has 1 aliphatic rings. The van der Waals surface area contributed by atoms with E-state index in [9.17, 15) is 0 Å². The van der Waals surface area contributed by atoms with E-state index in [1.165, 1.54) is 24.9 Å². The second-order valence-electron chi connectivity index (χ2n) is 5.81. The predicted octanol–water partition coefficient (Wildman–Crippen LogP) is 3.28. The average Bonchev–Trinajstić information content (AvgIpc) is 2.67. The van der Waals surface area contributed by atoms with Crippen molar-refractivity contribution in [3.05, 3.63) is 23.9 Å². The third kappa shape index (κ3) is 3.22. The maximum Gasteiger partial charge on any atom is 0.126 e. The highest BCUT2D eigenvalue weighted by atomic mass is 15.2. The lowest BCUT2D eigenvalue weighted by molar-refractivity contribution is 0.166. The summed E-state index contributed by atoms with van der Waals surface area (Å²) in [6, 6.07) is 4.32. The predicted molar refractivity (Wildman–Crippen MR) is 76.7 cm³/mol. The van der Waals surface area contributed by atoms with E-state index < -0.39 is 0 Å². The fourth-order valence-electron chi connectivity index (χ4n) is 2.60. The van der Waals surface area contributed by atoms with Gasteiger partial charge in [-0.1, -0.05) is 6.92 Å². The van der Waals surface area contributed by atoms with Crippen LogP contribution in [0.5, 0.6) is 0 Å². The summed E-state index contributed by atoms with van der Waals surface area (Å²) in [5.41, 5.74) is 1.71. The highest BCUT2D eigenvalue weighted by Crippen LogP contribution is 2.29. The quantitative estimate of drug-likeness (QED) is 0.865. The van der Waals surface area contributed by atoms with Gasteiger partial charge >= 0.3 is 0 Å². The normalized spacial score (nSPS) is 19.1. The Bertz CT molecular complexity index is 387. The van der Waals surface area contributed by atoms with Crippen LogP contribution in [0.25, 0.3) is 0 Å². The second-order valence-corrected chi connectivity index (χ2v) is 5.81. The van der Waals surface area contributed by atoms with Gasteiger partial charge in [-0.3, -0.25) is 4.90 Å². The van der Waals surface area contributed by atoms with Crippen molar-refractivity contribution in [2.45, 2.75) is 52.1 Å². The SMILES string of the molecule is CCCNc1cc(CN2CCCC2(C)C)ccn1. The van der Waals surface area contributed by atoms with E-state index in [0.29, 0.717) is 5.54 Å². The molecule has 2 rings (SSSR count). The lowest BCUT2D eigenvalue weighted by atomic mass is 10.0. The highest BCUT2D eigenvalue weighted by Gasteiger charge is 2.31. The van der Waals surface area contributed by atoms with Gasteiger partial charge in [0.2, 0.25) is 0 Å². The van der Waals surface area contributed by atoms with Crippen molar-refractivity contribution in [3.63, 3.8) is 0 Å². The standard InChI is InChI=1S/C15H25N3/c1-4-8-16-14-11-13(6-9-17-14)12-18-10-5-7-15(18,2)3/h6,9,11H,4-5,7-8,10,12H2,1-3H3,(H,16,17). The molecular formula is C15H25N3. The molecule has 3 nitrogen and oxygen atoms in total. The van der Waals surface area contributed by atoms with Gasteiger partial charge in [0.1, 0.15) is 5.82 Å². The molecule has 1 fully saturated rings. The largest absolute Gasteiger partial charge is 0.370 e. The molecule has 0 spiro atoms. The number of anilines is 1. The Morgan fingerprint density at radius 3 is 2.94 bits per heavy atom. The van der Waals surface area contributed by atoms with Gasteiger partial charge in [-0.25, -0.2) is 4.98 Å².